The van der Waals surface area contributed by atoms with Gasteiger partial charge in [0.25, 0.3) is 5.91 Å². The number of hydrogen-bond acceptors (Lipinski definition) is 2. The molecule has 0 spiro atoms. The van der Waals surface area contributed by atoms with Crippen LogP contribution in [-0.4, -0.2) is 15.5 Å². The number of halogens is 1. The molecule has 1 amide bonds. The van der Waals surface area contributed by atoms with Crippen LogP contribution in [0.25, 0.3) is 5.69 Å². The van der Waals surface area contributed by atoms with Gasteiger partial charge in [-0.15, -0.1) is 0 Å². The van der Waals surface area contributed by atoms with E-state index in [1.807, 2.05) is 29.1 Å². The molecule has 5 heteroatoms. The minimum absolute atomic E-state index is 0.142. The molecule has 4 nitrogen and oxygen atoms in total. The maximum atomic E-state index is 13.9. The average molecular weight is 281 g/mol. The van der Waals surface area contributed by atoms with Crippen LogP contribution in [0.2, 0.25) is 0 Å². The summed E-state index contributed by atoms with van der Waals surface area (Å²) in [4.78, 5) is 15.9. The highest BCUT2D eigenvalue weighted by Crippen LogP contribution is 2.20. The molecule has 1 aromatic carbocycles. The molecule has 0 saturated carbocycles. The van der Waals surface area contributed by atoms with Crippen molar-refractivity contribution in [2.75, 3.05) is 5.32 Å². The first-order valence-electron chi connectivity index (χ1n) is 6.38. The van der Waals surface area contributed by atoms with Gasteiger partial charge in [0.1, 0.15) is 5.82 Å². The number of carbonyl (C=O) groups is 1. The maximum absolute atomic E-state index is 13.9. The second kappa shape index (κ2) is 5.58. The lowest BCUT2D eigenvalue weighted by atomic mass is 10.2. The Hall–Kier alpha value is -2.95. The Labute approximate surface area is 120 Å². The quantitative estimate of drug-likeness (QED) is 0.801. The van der Waals surface area contributed by atoms with Gasteiger partial charge in [0.05, 0.1) is 5.69 Å². The lowest BCUT2D eigenvalue weighted by Crippen LogP contribution is -2.13. The fraction of sp³-hybridized carbons (Fsp3) is 0. The minimum Gasteiger partial charge on any atom is -0.324 e. The number of pyridine rings is 1. The molecule has 0 aliphatic rings. The second-order valence-corrected chi connectivity index (χ2v) is 4.44. The molecular weight excluding hydrogens is 269 g/mol. The van der Waals surface area contributed by atoms with E-state index in [0.717, 1.165) is 5.69 Å². The Morgan fingerprint density at radius 1 is 1.10 bits per heavy atom. The van der Waals surface area contributed by atoms with Crippen molar-refractivity contribution >= 4 is 11.6 Å². The van der Waals surface area contributed by atoms with E-state index in [1.165, 1.54) is 18.5 Å². The molecule has 0 fully saturated rings. The molecular formula is C16H12FN3O. The zero-order chi connectivity index (χ0) is 14.7. The van der Waals surface area contributed by atoms with E-state index in [9.17, 15) is 9.18 Å². The number of nitrogens with zero attached hydrogens (tertiary/aromatic N) is 2. The summed E-state index contributed by atoms with van der Waals surface area (Å²) in [6.45, 7) is 0. The summed E-state index contributed by atoms with van der Waals surface area (Å²) in [7, 11) is 0. The second-order valence-electron chi connectivity index (χ2n) is 4.44. The van der Waals surface area contributed by atoms with Crippen molar-refractivity contribution < 1.29 is 9.18 Å². The standard InChI is InChI=1S/C16H12FN3O/c17-14-4-3-13(20-9-1-2-10-20)11-15(14)19-16(21)12-5-7-18-8-6-12/h1-11H,(H,19,21). The Morgan fingerprint density at radius 2 is 1.81 bits per heavy atom. The van der Waals surface area contributed by atoms with Gasteiger partial charge in [-0.1, -0.05) is 0 Å². The molecule has 0 aliphatic carbocycles. The third-order valence-corrected chi connectivity index (χ3v) is 3.04. The van der Waals surface area contributed by atoms with Crippen LogP contribution in [0.15, 0.2) is 67.3 Å². The van der Waals surface area contributed by atoms with Gasteiger partial charge < -0.3 is 9.88 Å². The van der Waals surface area contributed by atoms with Crippen molar-refractivity contribution in [2.45, 2.75) is 0 Å². The van der Waals surface area contributed by atoms with E-state index in [2.05, 4.69) is 10.3 Å². The summed E-state index contributed by atoms with van der Waals surface area (Å²) in [5.74, 6) is -0.853. The predicted octanol–water partition coefficient (Wildman–Crippen LogP) is 3.26. The highest BCUT2D eigenvalue weighted by atomic mass is 19.1. The first-order chi connectivity index (χ1) is 10.2. The zero-order valence-corrected chi connectivity index (χ0v) is 11.0. The monoisotopic (exact) mass is 281 g/mol. The molecule has 2 aromatic heterocycles. The molecule has 0 unspecified atom stereocenters. The molecule has 0 atom stereocenters. The van der Waals surface area contributed by atoms with Crippen LogP contribution in [0.3, 0.4) is 0 Å². The Morgan fingerprint density at radius 3 is 2.52 bits per heavy atom. The number of rotatable bonds is 3. The van der Waals surface area contributed by atoms with E-state index >= 15 is 0 Å². The van der Waals surface area contributed by atoms with Gasteiger partial charge in [0, 0.05) is 36.0 Å². The first kappa shape index (κ1) is 13.1. The van der Waals surface area contributed by atoms with Crippen LogP contribution in [0.5, 0.6) is 0 Å². The number of hydrogen-bond donors (Lipinski definition) is 1. The van der Waals surface area contributed by atoms with Gasteiger partial charge in [-0.05, 0) is 42.5 Å². The van der Waals surface area contributed by atoms with Gasteiger partial charge in [0.15, 0.2) is 0 Å². The molecule has 2 heterocycles. The fourth-order valence-corrected chi connectivity index (χ4v) is 1.97. The van der Waals surface area contributed by atoms with Gasteiger partial charge >= 0.3 is 0 Å². The molecule has 0 saturated heterocycles. The molecule has 3 rings (SSSR count). The van der Waals surface area contributed by atoms with Crippen LogP contribution >= 0.6 is 0 Å². The van der Waals surface area contributed by atoms with E-state index in [-0.39, 0.29) is 11.6 Å². The molecule has 3 aromatic rings. The van der Waals surface area contributed by atoms with Crippen molar-refractivity contribution in [3.05, 3.63) is 78.6 Å². The number of amides is 1. The maximum Gasteiger partial charge on any atom is 0.255 e. The van der Waals surface area contributed by atoms with Crippen molar-refractivity contribution in [3.8, 4) is 5.69 Å². The number of carbonyl (C=O) groups excluding carboxylic acids is 1. The summed E-state index contributed by atoms with van der Waals surface area (Å²) in [5, 5.41) is 2.57. The van der Waals surface area contributed by atoms with Gasteiger partial charge in [-0.2, -0.15) is 0 Å². The van der Waals surface area contributed by atoms with Crippen LogP contribution < -0.4 is 5.32 Å². The van der Waals surface area contributed by atoms with Crippen molar-refractivity contribution in [1.29, 1.82) is 0 Å². The lowest BCUT2D eigenvalue weighted by Gasteiger charge is -2.09. The van der Waals surface area contributed by atoms with E-state index < -0.39 is 5.82 Å². The summed E-state index contributed by atoms with van der Waals surface area (Å²) in [5.41, 5.74) is 1.34. The van der Waals surface area contributed by atoms with E-state index in [4.69, 9.17) is 0 Å². The SMILES string of the molecule is O=C(Nc1cc(-n2cccc2)ccc1F)c1ccncc1. The third-order valence-electron chi connectivity index (χ3n) is 3.04. The van der Waals surface area contributed by atoms with Crippen LogP contribution in [0, 0.1) is 5.82 Å². The summed E-state index contributed by atoms with van der Waals surface area (Å²) in [6.07, 6.45) is 6.73. The lowest BCUT2D eigenvalue weighted by molar-refractivity contribution is 0.102. The predicted molar refractivity (Wildman–Crippen MR) is 77.9 cm³/mol. The normalized spacial score (nSPS) is 10.3. The zero-order valence-electron chi connectivity index (χ0n) is 11.0. The topological polar surface area (TPSA) is 46.9 Å². The molecule has 0 bridgehead atoms. The highest BCUT2D eigenvalue weighted by molar-refractivity contribution is 6.04. The summed E-state index contributed by atoms with van der Waals surface area (Å²) < 4.78 is 15.7. The summed E-state index contributed by atoms with van der Waals surface area (Å²) >= 11 is 0. The van der Waals surface area contributed by atoms with Gasteiger partial charge in [0.2, 0.25) is 0 Å². The molecule has 21 heavy (non-hydrogen) atoms. The van der Waals surface area contributed by atoms with Crippen molar-refractivity contribution in [2.24, 2.45) is 0 Å². The Bertz CT molecular complexity index is 754. The molecule has 104 valence electrons. The number of nitrogens with one attached hydrogen (secondary N) is 1. The minimum atomic E-state index is -0.478. The Balaban J connectivity index is 1.88. The van der Waals surface area contributed by atoms with Crippen LogP contribution in [0.4, 0.5) is 10.1 Å². The average Bonchev–Trinajstić information content (AvgIpc) is 3.04. The largest absolute Gasteiger partial charge is 0.324 e. The molecule has 1 N–H and O–H groups in total. The number of aromatic nitrogens is 2. The molecule has 0 radical (unpaired) electrons. The van der Waals surface area contributed by atoms with Crippen LogP contribution in [-0.2, 0) is 0 Å². The van der Waals surface area contributed by atoms with Crippen molar-refractivity contribution in [3.63, 3.8) is 0 Å². The van der Waals surface area contributed by atoms with E-state index in [1.54, 1.807) is 24.3 Å². The smallest absolute Gasteiger partial charge is 0.255 e. The number of benzene rings is 1. The highest BCUT2D eigenvalue weighted by Gasteiger charge is 2.10. The van der Waals surface area contributed by atoms with Gasteiger partial charge in [-0.3, -0.25) is 9.78 Å². The van der Waals surface area contributed by atoms with E-state index in [0.29, 0.717) is 5.56 Å². The Kier molecular flexibility index (Phi) is 3.47. The third kappa shape index (κ3) is 2.81. The van der Waals surface area contributed by atoms with Crippen LogP contribution in [0.1, 0.15) is 10.4 Å². The first-order valence-corrected chi connectivity index (χ1v) is 6.38. The van der Waals surface area contributed by atoms with Gasteiger partial charge in [-0.25, -0.2) is 4.39 Å². The number of anilines is 1. The summed E-state index contributed by atoms with van der Waals surface area (Å²) in [6, 6.07) is 11.5. The fourth-order valence-electron chi connectivity index (χ4n) is 1.97. The molecule has 0 aliphatic heterocycles. The van der Waals surface area contributed by atoms with Crippen molar-refractivity contribution in [1.82, 2.24) is 9.55 Å².